The molecule has 4 fully saturated rings. The molecule has 7 unspecified atom stereocenters. The van der Waals surface area contributed by atoms with Gasteiger partial charge < -0.3 is 4.85 Å². The molecule has 24 rings (SSSR count). The van der Waals surface area contributed by atoms with Crippen molar-refractivity contribution in [3.8, 4) is 17.2 Å². The maximum absolute atomic E-state index is 11.6. The van der Waals surface area contributed by atoms with Gasteiger partial charge in [0, 0.05) is 280 Å². The van der Waals surface area contributed by atoms with Gasteiger partial charge in [0.05, 0.1) is 0 Å². The second-order valence-electron chi connectivity index (χ2n) is 38.0. The van der Waals surface area contributed by atoms with Crippen molar-refractivity contribution in [3.63, 3.8) is 0 Å². The zero-order valence-electron chi connectivity index (χ0n) is 82.4. The number of nitriles is 1. The number of hydrogen-bond donors (Lipinski definition) is 0. The summed E-state index contributed by atoms with van der Waals surface area (Å²) in [5.74, 6) is 8.51. The van der Waals surface area contributed by atoms with Crippen LogP contribution in [-0.4, -0.2) is 9.85 Å². The topological polar surface area (TPSA) is 114 Å². The summed E-state index contributed by atoms with van der Waals surface area (Å²) in [5.41, 5.74) is 27.6. The van der Waals surface area contributed by atoms with E-state index in [0.717, 1.165) is 40.4 Å². The Morgan fingerprint density at radius 2 is 0.838 bits per heavy atom. The number of fused-ring (bicyclic) bond motifs is 11. The number of benzene rings is 12. The van der Waals surface area contributed by atoms with E-state index in [1.54, 1.807) is 100 Å². The van der Waals surface area contributed by atoms with E-state index >= 15 is 0 Å². The largest absolute Gasteiger partial charge is 0.319 e. The van der Waals surface area contributed by atoms with E-state index in [9.17, 15) is 20.2 Å². The van der Waals surface area contributed by atoms with Crippen LogP contribution < -0.4 is 0 Å². The van der Waals surface area contributed by atoms with E-state index in [1.807, 2.05) is 60.8 Å². The molecule has 0 N–H and O–H groups in total. The molecule has 0 saturated heterocycles. The number of nitrogens with zero attached hydrogens (tertiary/aromatic N) is 4. The molecule has 0 aliphatic heterocycles. The molecular formula is C125H113N4O4S2Y7-7. The third-order valence-corrected chi connectivity index (χ3v) is 31.2. The first-order valence-electron chi connectivity index (χ1n) is 47.7. The van der Waals surface area contributed by atoms with Gasteiger partial charge in [-0.05, 0) is 89.1 Å². The minimum atomic E-state index is -1.87. The van der Waals surface area contributed by atoms with E-state index in [4.69, 9.17) is 11.8 Å². The molecule has 142 heavy (non-hydrogen) atoms. The monoisotopic (exact) mass is 2420 g/mol. The van der Waals surface area contributed by atoms with Crippen LogP contribution in [0.15, 0.2) is 384 Å². The van der Waals surface area contributed by atoms with Gasteiger partial charge in [-0.2, -0.15) is 64.9 Å². The van der Waals surface area contributed by atoms with Crippen LogP contribution in [0.3, 0.4) is 0 Å². The summed E-state index contributed by atoms with van der Waals surface area (Å²) < 4.78 is 0. The summed E-state index contributed by atoms with van der Waals surface area (Å²) in [4.78, 5) is 30.9. The fourth-order valence-electron chi connectivity index (χ4n) is 21.1. The molecule has 12 aromatic rings. The van der Waals surface area contributed by atoms with E-state index in [0.29, 0.717) is 45.9 Å². The number of rotatable bonds is 12. The van der Waals surface area contributed by atoms with Gasteiger partial charge in [0.25, 0.3) is 5.54 Å². The Morgan fingerprint density at radius 3 is 1.35 bits per heavy atom. The van der Waals surface area contributed by atoms with Crippen molar-refractivity contribution in [1.82, 2.24) is 0 Å². The zero-order chi connectivity index (χ0) is 93.7. The average molecular weight is 2420 g/mol. The van der Waals surface area contributed by atoms with Crippen LogP contribution in [-0.2, 0) is 251 Å². The second kappa shape index (κ2) is 51.9. The van der Waals surface area contributed by atoms with E-state index in [-0.39, 0.29) is 246 Å². The van der Waals surface area contributed by atoms with Gasteiger partial charge >= 0.3 is 0 Å². The van der Waals surface area contributed by atoms with Gasteiger partial charge in [-0.15, -0.1) is 122 Å². The molecule has 0 amide bonds. The predicted octanol–water partition coefficient (Wildman–Crippen LogP) is 32.5. The fraction of sp³-hybridized carbons (Fsp3) is 0.224. The average Bonchev–Trinajstić information content (AvgIpc) is 1.29. The quantitative estimate of drug-likeness (QED) is 0.0680. The molecule has 4 saturated carbocycles. The summed E-state index contributed by atoms with van der Waals surface area (Å²) in [5, 5.41) is 32.3. The minimum Gasteiger partial charge on any atom is -0.319 e. The molecule has 12 aromatic carbocycles. The van der Waals surface area contributed by atoms with Crippen LogP contribution in [0, 0.1) is 105 Å². The maximum atomic E-state index is 11.6. The Morgan fingerprint density at radius 1 is 0.430 bits per heavy atom. The SMILES string of the molecule is CC1([N+](=O)[O-])c2ccccc2-c2ccccc2[C-]1[N+](=O)[O-].CC12C=CC=C[C-]1C=Cc1ccccc12.CC1=C[C-](c2ccccc2)C(C)(c2ccccc2)c2ccccc21.CC1[CH-]C(C2CC2)=C(C2CC2)c2ccccc21.CC1[CH-]C(C2CC2)=C(C2CC2)c2ccccc21.CC1[CH-]C(Sc2ccccc2)=C(Sc2ccccc2)c2ccccc21.[C-]#[N+]C1(C)c2ccccc2C(C)=C[C-]1C#N.[Y].[Y].[Y].[Y].[Y].[Y].[Y]. The van der Waals surface area contributed by atoms with Crippen molar-refractivity contribution in [3.05, 3.63) is 538 Å². The summed E-state index contributed by atoms with van der Waals surface area (Å²) in [6, 6.07) is 110. The molecule has 697 valence electrons. The van der Waals surface area contributed by atoms with Gasteiger partial charge in [0.1, 0.15) is 0 Å². The summed E-state index contributed by atoms with van der Waals surface area (Å²) in [7, 11) is 0. The maximum Gasteiger partial charge on any atom is 0.290 e. The van der Waals surface area contributed by atoms with Gasteiger partial charge in [0.15, 0.2) is 0 Å². The first-order valence-corrected chi connectivity index (χ1v) is 49.3. The molecule has 17 heteroatoms. The molecule has 0 aromatic heterocycles. The Hall–Kier alpha value is -6.14. The number of thioether (sulfide) groups is 2. The molecular weight excluding hydrogens is 2310 g/mol. The fourth-order valence-corrected chi connectivity index (χ4v) is 23.3. The van der Waals surface area contributed by atoms with Crippen molar-refractivity contribution < 1.29 is 239 Å². The molecule has 12 aliphatic carbocycles. The van der Waals surface area contributed by atoms with Crippen LogP contribution in [0.25, 0.3) is 49.2 Å². The third-order valence-electron chi connectivity index (χ3n) is 28.9. The molecule has 12 aliphatic rings. The van der Waals surface area contributed by atoms with Crippen molar-refractivity contribution in [2.24, 2.45) is 23.7 Å². The first kappa shape index (κ1) is 116. The zero-order valence-corrected chi connectivity index (χ0v) is 104. The van der Waals surface area contributed by atoms with Gasteiger partial charge in [-0.3, -0.25) is 20.2 Å². The van der Waals surface area contributed by atoms with E-state index in [2.05, 4.69) is 357 Å². The Balaban J connectivity index is 0.000000158. The Kier molecular flexibility index (Phi) is 42.4. The van der Waals surface area contributed by atoms with Crippen LogP contribution in [0.2, 0.25) is 0 Å². The third kappa shape index (κ3) is 24.9. The van der Waals surface area contributed by atoms with Gasteiger partial charge in [-0.25, -0.2) is 42.2 Å². The molecule has 7 atom stereocenters. The normalized spacial score (nSPS) is 21.0. The standard InChI is InChI=1S/C24H21.C23H19S2.2C17H19.C15H11N2O4.C15H13.C14H11N2.7Y/c1-18-17-23(19-11-5-3-6-12-19)24(2,20-13-7-4-8-14-20)22-16-10-9-15-21(18)22;1-17-16-22(24-18-10-4-2-5-11-18)23(21-15-9-8-14-20(17)21)25-19-12-6-3-7-13-19;2*1-11-10-16(12-6-7-12)17(13-8-9-13)15-5-3-2-4-14(11)15;1-15(17(20)21)13-9-5-4-7-11(13)10-6-2-3-8-12(10)14(15)16(18)19;1-15-11-5-4-7-13(15)10-9-12-6-2-3-8-14(12)15;1-10-8-11(9-15)14(2,16-3)13-7-5-4-6-12(10)13;;;;;;;/h3-17H,1-2H3;2-17H,1H3;2*2-5,10-13H,6-9H2,1H3;2-9H,1H3;2-11H,1H3;4-8H,1-2H3;;;;;;;/q7*-1;;;;;;;. The Bertz CT molecular complexity index is 6740. The van der Waals surface area contributed by atoms with Gasteiger partial charge in [0.2, 0.25) is 11.6 Å². The predicted molar refractivity (Wildman–Crippen MR) is 558 cm³/mol. The van der Waals surface area contributed by atoms with Crippen LogP contribution in [0.4, 0.5) is 0 Å². The van der Waals surface area contributed by atoms with Crippen LogP contribution in [0.1, 0.15) is 220 Å². The molecule has 0 bridgehead atoms. The molecule has 7 radical (unpaired) electrons. The van der Waals surface area contributed by atoms with Crippen molar-refractivity contribution in [1.29, 1.82) is 5.26 Å². The second-order valence-corrected chi connectivity index (χ2v) is 40.2. The molecule has 8 nitrogen and oxygen atoms in total. The number of hydrogen-bond acceptors (Lipinski definition) is 7. The van der Waals surface area contributed by atoms with E-state index in [1.165, 1.54) is 140 Å². The van der Waals surface area contributed by atoms with Crippen molar-refractivity contribution in [2.75, 3.05) is 0 Å². The number of nitro groups is 2. The van der Waals surface area contributed by atoms with Crippen molar-refractivity contribution in [2.45, 2.75) is 163 Å². The van der Waals surface area contributed by atoms with Gasteiger partial charge in [-0.1, -0.05) is 402 Å². The van der Waals surface area contributed by atoms with Crippen molar-refractivity contribution >= 4 is 56.8 Å². The molecule has 0 spiro atoms. The summed E-state index contributed by atoms with van der Waals surface area (Å²) in [6.45, 7) is 26.3. The van der Waals surface area contributed by atoms with E-state index < -0.39 is 20.9 Å². The summed E-state index contributed by atoms with van der Waals surface area (Å²) >= 11 is 3.73. The summed E-state index contributed by atoms with van der Waals surface area (Å²) in [6.07, 6.45) is 36.3. The number of allylic oxidation sites excluding steroid dienone is 13. The van der Waals surface area contributed by atoms with Crippen LogP contribution in [0.5, 0.6) is 0 Å². The Labute approximate surface area is 1030 Å². The smallest absolute Gasteiger partial charge is 0.290 e. The van der Waals surface area contributed by atoms with Crippen LogP contribution >= 0.6 is 23.5 Å². The first-order chi connectivity index (χ1) is 65.6. The minimum absolute atomic E-state index is 0. The molecule has 0 heterocycles.